The molecule has 1 heterocycles. The van der Waals surface area contributed by atoms with Crippen molar-refractivity contribution >= 4 is 11.9 Å². The quantitative estimate of drug-likeness (QED) is 0.764. The lowest BCUT2D eigenvalue weighted by Gasteiger charge is -2.43. The average Bonchev–Trinajstić information content (AvgIpc) is 2.08. The van der Waals surface area contributed by atoms with Crippen LogP contribution >= 0.6 is 0 Å². The van der Waals surface area contributed by atoms with Gasteiger partial charge in [-0.05, 0) is 25.7 Å². The zero-order valence-electron chi connectivity index (χ0n) is 9.62. The van der Waals surface area contributed by atoms with Crippen molar-refractivity contribution in [1.29, 1.82) is 0 Å². The van der Waals surface area contributed by atoms with Crippen LogP contribution < -0.4 is 0 Å². The van der Waals surface area contributed by atoms with Crippen LogP contribution in [0.25, 0.3) is 0 Å². The third-order valence-corrected chi connectivity index (χ3v) is 3.01. The van der Waals surface area contributed by atoms with Gasteiger partial charge < -0.3 is 5.11 Å². The van der Waals surface area contributed by atoms with E-state index < -0.39 is 6.09 Å². The number of carbonyl (C=O) groups excluding carboxylic acids is 1. The number of carbonyl (C=O) groups is 2. The summed E-state index contributed by atoms with van der Waals surface area (Å²) in [7, 11) is 0. The topological polar surface area (TPSA) is 57.6 Å². The Morgan fingerprint density at radius 2 is 2.20 bits per heavy atom. The Kier molecular flexibility index (Phi) is 3.37. The molecule has 0 aromatic carbocycles. The van der Waals surface area contributed by atoms with E-state index >= 15 is 0 Å². The number of rotatable bonds is 2. The maximum absolute atomic E-state index is 11.2. The molecular formula is C11H19NO3. The summed E-state index contributed by atoms with van der Waals surface area (Å²) in [6.07, 6.45) is 0.988. The van der Waals surface area contributed by atoms with E-state index in [1.807, 2.05) is 6.92 Å². The average molecular weight is 213 g/mol. The third-order valence-electron chi connectivity index (χ3n) is 3.01. The highest BCUT2D eigenvalue weighted by molar-refractivity contribution is 5.85. The lowest BCUT2D eigenvalue weighted by Crippen LogP contribution is -2.55. The Bertz CT molecular complexity index is 275. The van der Waals surface area contributed by atoms with Crippen molar-refractivity contribution < 1.29 is 14.7 Å². The molecule has 1 atom stereocenters. The van der Waals surface area contributed by atoms with Crippen LogP contribution in [-0.2, 0) is 4.79 Å². The van der Waals surface area contributed by atoms with Crippen molar-refractivity contribution in [3.05, 3.63) is 0 Å². The van der Waals surface area contributed by atoms with Crippen molar-refractivity contribution in [2.75, 3.05) is 6.54 Å². The molecule has 86 valence electrons. The van der Waals surface area contributed by atoms with E-state index in [4.69, 9.17) is 5.11 Å². The van der Waals surface area contributed by atoms with Crippen molar-refractivity contribution in [2.24, 2.45) is 5.92 Å². The van der Waals surface area contributed by atoms with Crippen LogP contribution in [0.5, 0.6) is 0 Å². The van der Waals surface area contributed by atoms with E-state index in [-0.39, 0.29) is 17.9 Å². The van der Waals surface area contributed by atoms with Crippen LogP contribution in [0, 0.1) is 5.92 Å². The zero-order chi connectivity index (χ0) is 11.6. The number of hydrogen-bond donors (Lipinski definition) is 1. The minimum absolute atomic E-state index is 0.0265. The molecule has 0 radical (unpaired) electrons. The van der Waals surface area contributed by atoms with E-state index in [2.05, 4.69) is 13.8 Å². The predicted molar refractivity (Wildman–Crippen MR) is 56.8 cm³/mol. The highest BCUT2D eigenvalue weighted by atomic mass is 16.4. The highest BCUT2D eigenvalue weighted by Gasteiger charge is 2.40. The molecule has 0 saturated carbocycles. The molecule has 1 aliphatic rings. The van der Waals surface area contributed by atoms with E-state index in [9.17, 15) is 9.59 Å². The number of likely N-dealkylation sites (tertiary alicyclic amines) is 1. The second kappa shape index (κ2) is 4.21. The Labute approximate surface area is 90.3 Å². The van der Waals surface area contributed by atoms with Crippen LogP contribution in [0.15, 0.2) is 0 Å². The van der Waals surface area contributed by atoms with Crippen LogP contribution in [-0.4, -0.2) is 34.0 Å². The number of amides is 1. The number of ketones is 1. The summed E-state index contributed by atoms with van der Waals surface area (Å²) in [5.74, 6) is 0.462. The molecule has 1 fully saturated rings. The molecule has 1 aliphatic heterocycles. The monoisotopic (exact) mass is 213 g/mol. The largest absolute Gasteiger partial charge is 0.465 e. The molecule has 0 aromatic heterocycles. The summed E-state index contributed by atoms with van der Waals surface area (Å²) >= 11 is 0. The Balaban J connectivity index is 2.83. The van der Waals surface area contributed by atoms with Crippen molar-refractivity contribution in [1.82, 2.24) is 4.90 Å². The van der Waals surface area contributed by atoms with Crippen LogP contribution in [0.2, 0.25) is 0 Å². The summed E-state index contributed by atoms with van der Waals surface area (Å²) in [5.41, 5.74) is -0.367. The first-order valence-corrected chi connectivity index (χ1v) is 5.37. The van der Waals surface area contributed by atoms with Gasteiger partial charge in [0.05, 0.1) is 6.54 Å². The Morgan fingerprint density at radius 3 is 2.67 bits per heavy atom. The highest BCUT2D eigenvalue weighted by Crippen LogP contribution is 2.32. The Morgan fingerprint density at radius 1 is 1.60 bits per heavy atom. The van der Waals surface area contributed by atoms with Gasteiger partial charge in [0.25, 0.3) is 0 Å². The molecular weight excluding hydrogens is 194 g/mol. The molecule has 0 aromatic rings. The molecule has 0 aliphatic carbocycles. The summed E-state index contributed by atoms with van der Waals surface area (Å²) in [6.45, 7) is 6.13. The van der Waals surface area contributed by atoms with Gasteiger partial charge in [0.15, 0.2) is 5.78 Å². The number of piperidine rings is 1. The first-order valence-electron chi connectivity index (χ1n) is 5.37. The molecule has 1 amide bonds. The summed E-state index contributed by atoms with van der Waals surface area (Å²) in [4.78, 5) is 23.6. The van der Waals surface area contributed by atoms with Crippen LogP contribution in [0.1, 0.15) is 40.0 Å². The van der Waals surface area contributed by atoms with Crippen LogP contribution in [0.4, 0.5) is 4.79 Å². The van der Waals surface area contributed by atoms with Gasteiger partial charge in [-0.25, -0.2) is 4.79 Å². The maximum atomic E-state index is 11.2. The number of carboxylic acid groups (broad SMARTS) is 1. The third kappa shape index (κ3) is 2.70. The van der Waals surface area contributed by atoms with E-state index in [1.165, 1.54) is 4.90 Å². The molecule has 1 saturated heterocycles. The molecule has 4 heteroatoms. The minimum Gasteiger partial charge on any atom is -0.465 e. The standard InChI is InChI=1S/C11H19NO3/c1-8(2)6-11(3)5-4-9(13)7-12(11)10(14)15/h8H,4-7H2,1-3H3,(H,14,15). The second-order valence-electron chi connectivity index (χ2n) is 5.00. The van der Waals surface area contributed by atoms with Gasteiger partial charge in [0.2, 0.25) is 0 Å². The number of Topliss-reactive ketones (excluding diaryl/α,β-unsaturated/α-hetero) is 1. The second-order valence-corrected chi connectivity index (χ2v) is 5.00. The van der Waals surface area contributed by atoms with Gasteiger partial charge in [0.1, 0.15) is 0 Å². The molecule has 1 unspecified atom stereocenters. The van der Waals surface area contributed by atoms with E-state index in [0.29, 0.717) is 18.8 Å². The van der Waals surface area contributed by atoms with Crippen molar-refractivity contribution in [3.63, 3.8) is 0 Å². The van der Waals surface area contributed by atoms with Gasteiger partial charge in [-0.3, -0.25) is 9.69 Å². The SMILES string of the molecule is CC(C)CC1(C)CCC(=O)CN1C(=O)O. The van der Waals surface area contributed by atoms with Crippen molar-refractivity contribution in [2.45, 2.75) is 45.6 Å². The molecule has 4 nitrogen and oxygen atoms in total. The molecule has 0 bridgehead atoms. The fraction of sp³-hybridized carbons (Fsp3) is 0.818. The van der Waals surface area contributed by atoms with Crippen molar-refractivity contribution in [3.8, 4) is 0 Å². The fourth-order valence-corrected chi connectivity index (χ4v) is 2.38. The maximum Gasteiger partial charge on any atom is 0.408 e. The summed E-state index contributed by atoms with van der Waals surface area (Å²) in [5, 5.41) is 9.08. The lowest BCUT2D eigenvalue weighted by molar-refractivity contribution is -0.125. The lowest BCUT2D eigenvalue weighted by atomic mass is 9.81. The molecule has 1 N–H and O–H groups in total. The number of hydrogen-bond acceptors (Lipinski definition) is 2. The first kappa shape index (κ1) is 12.0. The predicted octanol–water partition coefficient (Wildman–Crippen LogP) is 2.13. The first-order chi connectivity index (χ1) is 6.85. The number of nitrogens with zero attached hydrogens (tertiary/aromatic N) is 1. The van der Waals surface area contributed by atoms with Crippen LogP contribution in [0.3, 0.4) is 0 Å². The smallest absolute Gasteiger partial charge is 0.408 e. The molecule has 0 spiro atoms. The molecule has 1 rings (SSSR count). The zero-order valence-corrected chi connectivity index (χ0v) is 9.62. The normalized spacial score (nSPS) is 27.2. The van der Waals surface area contributed by atoms with Gasteiger partial charge >= 0.3 is 6.09 Å². The van der Waals surface area contributed by atoms with E-state index in [0.717, 1.165) is 6.42 Å². The van der Waals surface area contributed by atoms with E-state index in [1.54, 1.807) is 0 Å². The van der Waals surface area contributed by atoms with Gasteiger partial charge in [-0.1, -0.05) is 13.8 Å². The summed E-state index contributed by atoms with van der Waals surface area (Å²) in [6, 6.07) is 0. The van der Waals surface area contributed by atoms with Gasteiger partial charge in [-0.2, -0.15) is 0 Å². The minimum atomic E-state index is -0.980. The fourth-order valence-electron chi connectivity index (χ4n) is 2.38. The summed E-state index contributed by atoms with van der Waals surface area (Å²) < 4.78 is 0. The van der Waals surface area contributed by atoms with Gasteiger partial charge in [0, 0.05) is 12.0 Å². The Hall–Kier alpha value is -1.06. The molecule has 15 heavy (non-hydrogen) atoms. The van der Waals surface area contributed by atoms with Gasteiger partial charge in [-0.15, -0.1) is 0 Å².